The number of carbonyl (C=O) groups is 2. The van der Waals surface area contributed by atoms with Crippen LogP contribution in [-0.2, 0) is 19.6 Å². The Balaban J connectivity index is 0.00000364. The van der Waals surface area contributed by atoms with Crippen molar-refractivity contribution < 1.29 is 27.1 Å². The number of esters is 1. The van der Waals surface area contributed by atoms with Gasteiger partial charge in [-0.1, -0.05) is 0 Å². The molecule has 27 heavy (non-hydrogen) atoms. The summed E-state index contributed by atoms with van der Waals surface area (Å²) in [5.41, 5.74) is 4.98. The van der Waals surface area contributed by atoms with Crippen molar-refractivity contribution in [3.05, 3.63) is 29.6 Å². The van der Waals surface area contributed by atoms with Crippen molar-refractivity contribution in [2.24, 2.45) is 11.7 Å². The molecule has 1 aromatic rings. The van der Waals surface area contributed by atoms with Crippen LogP contribution < -0.4 is 11.1 Å². The standard InChI is InChI=1S/C16H22FN3O5S.ClH/c1-25-16(22)13-9-12(17)4-5-14(13)26(23,24)20-8-2-3-11(10-20)15(21)19-7-6-18;/h4-5,9,11H,2-3,6-8,10,18H2,1H3,(H,19,21);1H. The van der Waals surface area contributed by atoms with Crippen LogP contribution in [-0.4, -0.2) is 57.9 Å². The number of nitrogens with one attached hydrogen (secondary N) is 1. The minimum Gasteiger partial charge on any atom is -0.465 e. The van der Waals surface area contributed by atoms with Crippen molar-refractivity contribution in [3.8, 4) is 0 Å². The first-order valence-corrected chi connectivity index (χ1v) is 9.61. The maximum Gasteiger partial charge on any atom is 0.339 e. The van der Waals surface area contributed by atoms with Crippen LogP contribution in [0.15, 0.2) is 23.1 Å². The highest BCUT2D eigenvalue weighted by molar-refractivity contribution is 7.89. The van der Waals surface area contributed by atoms with Crippen molar-refractivity contribution in [2.75, 3.05) is 33.3 Å². The fourth-order valence-corrected chi connectivity index (χ4v) is 4.53. The molecule has 0 aromatic heterocycles. The van der Waals surface area contributed by atoms with Crippen LogP contribution in [0.2, 0.25) is 0 Å². The van der Waals surface area contributed by atoms with Gasteiger partial charge in [0.1, 0.15) is 5.82 Å². The van der Waals surface area contributed by atoms with Gasteiger partial charge in [-0.25, -0.2) is 17.6 Å². The molecule has 3 N–H and O–H groups in total. The molecule has 8 nitrogen and oxygen atoms in total. The summed E-state index contributed by atoms with van der Waals surface area (Å²) in [5, 5.41) is 2.65. The second kappa shape index (κ2) is 9.98. The van der Waals surface area contributed by atoms with E-state index in [1.807, 2.05) is 0 Å². The van der Waals surface area contributed by atoms with Gasteiger partial charge in [-0.3, -0.25) is 4.79 Å². The Morgan fingerprint density at radius 1 is 1.41 bits per heavy atom. The topological polar surface area (TPSA) is 119 Å². The number of amides is 1. The predicted octanol–water partition coefficient (Wildman–Crippen LogP) is 0.510. The van der Waals surface area contributed by atoms with Crippen molar-refractivity contribution in [1.29, 1.82) is 0 Å². The van der Waals surface area contributed by atoms with Gasteiger partial charge in [0, 0.05) is 26.2 Å². The highest BCUT2D eigenvalue weighted by Gasteiger charge is 2.35. The molecular formula is C16H23ClFN3O5S. The lowest BCUT2D eigenvalue weighted by Gasteiger charge is -2.31. The number of benzene rings is 1. The fourth-order valence-electron chi connectivity index (χ4n) is 2.85. The number of ether oxygens (including phenoxy) is 1. The van der Waals surface area contributed by atoms with Crippen molar-refractivity contribution >= 4 is 34.3 Å². The molecule has 2 rings (SSSR count). The summed E-state index contributed by atoms with van der Waals surface area (Å²) in [6.07, 6.45) is 1.05. The molecule has 1 atom stereocenters. The molecule has 0 bridgehead atoms. The number of methoxy groups -OCH3 is 1. The lowest BCUT2D eigenvalue weighted by atomic mass is 9.99. The van der Waals surface area contributed by atoms with Gasteiger partial charge in [0.25, 0.3) is 0 Å². The SMILES string of the molecule is COC(=O)c1cc(F)ccc1S(=O)(=O)N1CCCC(C(=O)NCCN)C1.Cl. The quantitative estimate of drug-likeness (QED) is 0.643. The smallest absolute Gasteiger partial charge is 0.339 e. The third kappa shape index (κ3) is 5.38. The van der Waals surface area contributed by atoms with Gasteiger partial charge in [-0.05, 0) is 31.0 Å². The van der Waals surface area contributed by atoms with Crippen molar-refractivity contribution in [2.45, 2.75) is 17.7 Å². The molecule has 0 radical (unpaired) electrons. The van der Waals surface area contributed by atoms with Gasteiger partial charge in [0.15, 0.2) is 0 Å². The second-order valence-corrected chi connectivity index (χ2v) is 7.82. The van der Waals surface area contributed by atoms with Gasteiger partial charge >= 0.3 is 5.97 Å². The Morgan fingerprint density at radius 3 is 2.74 bits per heavy atom. The number of hydrogen-bond donors (Lipinski definition) is 2. The lowest BCUT2D eigenvalue weighted by Crippen LogP contribution is -2.46. The van der Waals surface area contributed by atoms with E-state index in [-0.39, 0.29) is 41.9 Å². The zero-order chi connectivity index (χ0) is 19.3. The van der Waals surface area contributed by atoms with Crippen LogP contribution in [0.1, 0.15) is 23.2 Å². The first-order valence-electron chi connectivity index (χ1n) is 8.17. The van der Waals surface area contributed by atoms with Gasteiger partial charge in [-0.15, -0.1) is 12.4 Å². The van der Waals surface area contributed by atoms with Gasteiger partial charge in [-0.2, -0.15) is 4.31 Å². The van der Waals surface area contributed by atoms with Crippen LogP contribution >= 0.6 is 12.4 Å². The van der Waals surface area contributed by atoms with Gasteiger partial charge in [0.05, 0.1) is 23.5 Å². The summed E-state index contributed by atoms with van der Waals surface area (Å²) in [4.78, 5) is 23.6. The predicted molar refractivity (Wildman–Crippen MR) is 98.5 cm³/mol. The normalized spacial score (nSPS) is 17.7. The Labute approximate surface area is 163 Å². The van der Waals surface area contributed by atoms with Crippen molar-refractivity contribution in [3.63, 3.8) is 0 Å². The van der Waals surface area contributed by atoms with Crippen LogP contribution in [0, 0.1) is 11.7 Å². The molecule has 0 saturated carbocycles. The number of nitrogens with zero attached hydrogens (tertiary/aromatic N) is 1. The number of hydrogen-bond acceptors (Lipinski definition) is 6. The largest absolute Gasteiger partial charge is 0.465 e. The van der Waals surface area contributed by atoms with E-state index in [1.54, 1.807) is 0 Å². The van der Waals surface area contributed by atoms with Crippen LogP contribution in [0.25, 0.3) is 0 Å². The number of rotatable bonds is 6. The van der Waals surface area contributed by atoms with E-state index in [2.05, 4.69) is 10.1 Å². The molecule has 0 aliphatic carbocycles. The maximum atomic E-state index is 13.5. The average Bonchev–Trinajstić information content (AvgIpc) is 2.65. The zero-order valence-corrected chi connectivity index (χ0v) is 16.4. The Bertz CT molecular complexity index is 790. The molecular weight excluding hydrogens is 401 g/mol. The molecule has 152 valence electrons. The molecule has 1 aliphatic rings. The third-order valence-corrected chi connectivity index (χ3v) is 6.09. The summed E-state index contributed by atoms with van der Waals surface area (Å²) in [6, 6.07) is 2.83. The molecule has 0 spiro atoms. The number of nitrogens with two attached hydrogens (primary N) is 1. The van der Waals surface area contributed by atoms with E-state index in [1.165, 1.54) is 0 Å². The fraction of sp³-hybridized carbons (Fsp3) is 0.500. The molecule has 1 heterocycles. The maximum absolute atomic E-state index is 13.5. The van der Waals surface area contributed by atoms with Crippen LogP contribution in [0.5, 0.6) is 0 Å². The first kappa shape index (κ1) is 23.3. The minimum atomic E-state index is -4.09. The molecule has 1 saturated heterocycles. The Hall–Kier alpha value is -1.75. The molecule has 1 aromatic carbocycles. The van der Waals surface area contributed by atoms with Gasteiger partial charge < -0.3 is 15.8 Å². The van der Waals surface area contributed by atoms with E-state index in [0.29, 0.717) is 25.9 Å². The average molecular weight is 424 g/mol. The second-order valence-electron chi connectivity index (χ2n) is 5.91. The van der Waals surface area contributed by atoms with E-state index >= 15 is 0 Å². The van der Waals surface area contributed by atoms with E-state index in [0.717, 1.165) is 29.6 Å². The Morgan fingerprint density at radius 2 is 2.11 bits per heavy atom. The van der Waals surface area contributed by atoms with Crippen molar-refractivity contribution in [1.82, 2.24) is 9.62 Å². The summed E-state index contributed by atoms with van der Waals surface area (Å²) in [6.45, 7) is 0.794. The monoisotopic (exact) mass is 423 g/mol. The summed E-state index contributed by atoms with van der Waals surface area (Å²) < 4.78 is 45.1. The highest BCUT2D eigenvalue weighted by Crippen LogP contribution is 2.27. The molecule has 1 aliphatic heterocycles. The summed E-state index contributed by atoms with van der Waals surface area (Å²) in [7, 11) is -3.00. The third-order valence-electron chi connectivity index (χ3n) is 4.16. The van der Waals surface area contributed by atoms with Crippen LogP contribution in [0.4, 0.5) is 4.39 Å². The van der Waals surface area contributed by atoms with Gasteiger partial charge in [0.2, 0.25) is 15.9 Å². The Kier molecular flexibility index (Phi) is 8.60. The molecule has 1 fully saturated rings. The number of piperidine rings is 1. The summed E-state index contributed by atoms with van der Waals surface area (Å²) >= 11 is 0. The minimum absolute atomic E-state index is 0. The molecule has 1 amide bonds. The number of halogens is 2. The molecule has 1 unspecified atom stereocenters. The number of sulfonamides is 1. The summed E-state index contributed by atoms with van der Waals surface area (Å²) in [5.74, 6) is -2.46. The molecule has 11 heteroatoms. The highest BCUT2D eigenvalue weighted by atomic mass is 35.5. The van der Waals surface area contributed by atoms with Crippen LogP contribution in [0.3, 0.4) is 0 Å². The lowest BCUT2D eigenvalue weighted by molar-refractivity contribution is -0.126. The van der Waals surface area contributed by atoms with E-state index < -0.39 is 27.7 Å². The zero-order valence-electron chi connectivity index (χ0n) is 14.8. The van der Waals surface area contributed by atoms with E-state index in [9.17, 15) is 22.4 Å². The van der Waals surface area contributed by atoms with E-state index in [4.69, 9.17) is 5.73 Å². The first-order chi connectivity index (χ1) is 12.3. The number of carbonyl (C=O) groups excluding carboxylic acids is 2.